The maximum Gasteiger partial charge on any atom is 0.407 e. The summed E-state index contributed by atoms with van der Waals surface area (Å²) in [6.07, 6.45) is 7.21. The van der Waals surface area contributed by atoms with Gasteiger partial charge in [-0.05, 0) is 52.5 Å². The lowest BCUT2D eigenvalue weighted by molar-refractivity contribution is 0.0193. The molecule has 0 spiro atoms. The van der Waals surface area contributed by atoms with E-state index in [2.05, 4.69) is 10.6 Å². The number of nitrogens with one attached hydrogen (secondary N) is 2. The molecule has 2 N–H and O–H groups in total. The molecule has 24 heavy (non-hydrogen) atoms. The molecule has 0 saturated heterocycles. The van der Waals surface area contributed by atoms with Crippen LogP contribution in [0.2, 0.25) is 0 Å². The third-order valence-corrected chi connectivity index (χ3v) is 3.94. The molecule has 0 aromatic carbocycles. The smallest absolute Gasteiger partial charge is 0.407 e. The molecule has 6 nitrogen and oxygen atoms in total. The lowest BCUT2D eigenvalue weighted by Gasteiger charge is -2.30. The summed E-state index contributed by atoms with van der Waals surface area (Å²) in [5, 5.41) is 6.28. The van der Waals surface area contributed by atoms with E-state index in [4.69, 9.17) is 13.9 Å². The molecule has 0 radical (unpaired) electrons. The lowest BCUT2D eigenvalue weighted by Crippen LogP contribution is -2.42. The number of amides is 1. The van der Waals surface area contributed by atoms with Crippen LogP contribution in [-0.4, -0.2) is 37.0 Å². The van der Waals surface area contributed by atoms with Gasteiger partial charge in [0.05, 0.1) is 25.2 Å². The highest BCUT2D eigenvalue weighted by molar-refractivity contribution is 5.68. The Morgan fingerprint density at radius 1 is 1.29 bits per heavy atom. The Labute approximate surface area is 144 Å². The zero-order valence-electron chi connectivity index (χ0n) is 15.0. The molecule has 136 valence electrons. The van der Waals surface area contributed by atoms with Gasteiger partial charge in [0.15, 0.2) is 0 Å². The van der Waals surface area contributed by atoms with Gasteiger partial charge in [0.1, 0.15) is 5.60 Å². The van der Waals surface area contributed by atoms with Crippen LogP contribution in [0.5, 0.6) is 0 Å². The predicted molar refractivity (Wildman–Crippen MR) is 91.8 cm³/mol. The van der Waals surface area contributed by atoms with Crippen molar-refractivity contribution >= 4 is 6.09 Å². The second kappa shape index (κ2) is 9.08. The van der Waals surface area contributed by atoms with Crippen LogP contribution < -0.4 is 10.6 Å². The number of alkyl carbamates (subject to hydrolysis) is 1. The molecule has 0 aliphatic heterocycles. The molecule has 0 atom stereocenters. The minimum absolute atomic E-state index is 0.193. The van der Waals surface area contributed by atoms with E-state index < -0.39 is 5.60 Å². The highest BCUT2D eigenvalue weighted by atomic mass is 16.6. The Balaban J connectivity index is 1.52. The summed E-state index contributed by atoms with van der Waals surface area (Å²) in [4.78, 5) is 11.8. The Morgan fingerprint density at radius 3 is 2.67 bits per heavy atom. The first-order valence-electron chi connectivity index (χ1n) is 8.75. The second-order valence-electron chi connectivity index (χ2n) is 7.30. The number of hydrogen-bond acceptors (Lipinski definition) is 5. The van der Waals surface area contributed by atoms with Gasteiger partial charge in [-0.1, -0.05) is 0 Å². The highest BCUT2D eigenvalue weighted by Crippen LogP contribution is 2.21. The average Bonchev–Trinajstić information content (AvgIpc) is 3.00. The van der Waals surface area contributed by atoms with Gasteiger partial charge in [-0.2, -0.15) is 0 Å². The fourth-order valence-electron chi connectivity index (χ4n) is 2.77. The van der Waals surface area contributed by atoms with Crippen molar-refractivity contribution in [1.82, 2.24) is 10.6 Å². The van der Waals surface area contributed by atoms with Crippen LogP contribution in [0, 0.1) is 0 Å². The molecule has 1 amide bonds. The number of rotatable bonds is 7. The van der Waals surface area contributed by atoms with Crippen LogP contribution in [0.4, 0.5) is 4.79 Å². The standard InChI is InChI=1S/C18H30N2O4/c1-18(2,3)24-17(21)20-15-4-6-16(7-5-15)23-11-9-19-12-14-8-10-22-13-14/h8,10,13,15-16,19H,4-7,9,11-12H2,1-3H3,(H,20,21). The summed E-state index contributed by atoms with van der Waals surface area (Å²) < 4.78 is 16.2. The maximum absolute atomic E-state index is 11.8. The second-order valence-corrected chi connectivity index (χ2v) is 7.30. The molecule has 0 unspecified atom stereocenters. The number of ether oxygens (including phenoxy) is 2. The van der Waals surface area contributed by atoms with Gasteiger partial charge in [0.2, 0.25) is 0 Å². The van der Waals surface area contributed by atoms with Gasteiger partial charge >= 0.3 is 6.09 Å². The van der Waals surface area contributed by atoms with E-state index >= 15 is 0 Å². The fourth-order valence-corrected chi connectivity index (χ4v) is 2.77. The van der Waals surface area contributed by atoms with E-state index in [1.807, 2.05) is 26.8 Å². The average molecular weight is 338 g/mol. The van der Waals surface area contributed by atoms with Gasteiger partial charge in [-0.3, -0.25) is 0 Å². The number of hydrogen-bond donors (Lipinski definition) is 2. The monoisotopic (exact) mass is 338 g/mol. The van der Waals surface area contributed by atoms with E-state index in [1.165, 1.54) is 0 Å². The summed E-state index contributed by atoms with van der Waals surface area (Å²) in [5.74, 6) is 0. The Bertz CT molecular complexity index is 474. The van der Waals surface area contributed by atoms with Crippen LogP contribution in [0.1, 0.15) is 52.0 Å². The Morgan fingerprint density at radius 2 is 2.04 bits per heavy atom. The van der Waals surface area contributed by atoms with Crippen LogP contribution in [0.15, 0.2) is 23.0 Å². The van der Waals surface area contributed by atoms with E-state index in [0.717, 1.165) is 44.3 Å². The van der Waals surface area contributed by atoms with E-state index in [1.54, 1.807) is 12.5 Å². The van der Waals surface area contributed by atoms with Crippen molar-refractivity contribution in [2.24, 2.45) is 0 Å². The number of carbonyl (C=O) groups is 1. The molecule has 0 bridgehead atoms. The van der Waals surface area contributed by atoms with Crippen LogP contribution >= 0.6 is 0 Å². The van der Waals surface area contributed by atoms with Gasteiger partial charge in [-0.25, -0.2) is 4.79 Å². The number of carbonyl (C=O) groups excluding carboxylic acids is 1. The normalized spacial score (nSPS) is 21.5. The van der Waals surface area contributed by atoms with Gasteiger partial charge < -0.3 is 24.5 Å². The molecule has 1 heterocycles. The molecular formula is C18H30N2O4. The quantitative estimate of drug-likeness (QED) is 0.747. The van der Waals surface area contributed by atoms with Gasteiger partial charge in [0, 0.05) is 24.7 Å². The zero-order chi connectivity index (χ0) is 17.4. The Hall–Kier alpha value is -1.53. The first kappa shape index (κ1) is 18.8. The predicted octanol–water partition coefficient (Wildman–Crippen LogP) is 3.22. The zero-order valence-corrected chi connectivity index (χ0v) is 15.0. The SMILES string of the molecule is CC(C)(C)OC(=O)NC1CCC(OCCNCc2ccoc2)CC1. The van der Waals surface area contributed by atoms with Gasteiger partial charge in [0.25, 0.3) is 0 Å². The van der Waals surface area contributed by atoms with E-state index in [-0.39, 0.29) is 18.2 Å². The van der Waals surface area contributed by atoms with Crippen LogP contribution in [-0.2, 0) is 16.0 Å². The minimum atomic E-state index is -0.451. The first-order chi connectivity index (χ1) is 11.4. The minimum Gasteiger partial charge on any atom is -0.472 e. The molecule has 1 aliphatic rings. The summed E-state index contributed by atoms with van der Waals surface area (Å²) >= 11 is 0. The van der Waals surface area contributed by atoms with Crippen molar-refractivity contribution in [2.45, 2.75) is 70.7 Å². The topological polar surface area (TPSA) is 72.7 Å². The summed E-state index contributed by atoms with van der Waals surface area (Å²) in [6, 6.07) is 2.14. The molecule has 1 aliphatic carbocycles. The van der Waals surface area contributed by atoms with Crippen molar-refractivity contribution in [3.05, 3.63) is 24.2 Å². The summed E-state index contributed by atoms with van der Waals surface area (Å²) in [5.41, 5.74) is 0.692. The van der Waals surface area contributed by atoms with E-state index in [0.29, 0.717) is 6.61 Å². The third kappa shape index (κ3) is 7.36. The molecule has 6 heteroatoms. The van der Waals surface area contributed by atoms with Crippen molar-refractivity contribution in [1.29, 1.82) is 0 Å². The van der Waals surface area contributed by atoms with Crippen LogP contribution in [0.3, 0.4) is 0 Å². The molecule has 2 rings (SSSR count). The molecule has 1 saturated carbocycles. The molecular weight excluding hydrogens is 308 g/mol. The summed E-state index contributed by atoms with van der Waals surface area (Å²) in [7, 11) is 0. The lowest BCUT2D eigenvalue weighted by atomic mass is 9.93. The van der Waals surface area contributed by atoms with Gasteiger partial charge in [-0.15, -0.1) is 0 Å². The van der Waals surface area contributed by atoms with Crippen molar-refractivity contribution < 1.29 is 18.7 Å². The van der Waals surface area contributed by atoms with Crippen molar-refractivity contribution in [2.75, 3.05) is 13.2 Å². The Kier molecular flexibility index (Phi) is 7.12. The highest BCUT2D eigenvalue weighted by Gasteiger charge is 2.24. The molecule has 1 aromatic rings. The molecule has 1 aromatic heterocycles. The van der Waals surface area contributed by atoms with Crippen molar-refractivity contribution in [3.8, 4) is 0 Å². The van der Waals surface area contributed by atoms with Crippen LogP contribution in [0.25, 0.3) is 0 Å². The largest absolute Gasteiger partial charge is 0.472 e. The van der Waals surface area contributed by atoms with E-state index in [9.17, 15) is 4.79 Å². The van der Waals surface area contributed by atoms with Crippen molar-refractivity contribution in [3.63, 3.8) is 0 Å². The maximum atomic E-state index is 11.8. The fraction of sp³-hybridized carbons (Fsp3) is 0.722. The first-order valence-corrected chi connectivity index (χ1v) is 8.75. The number of furan rings is 1. The molecule has 1 fully saturated rings. The third-order valence-electron chi connectivity index (χ3n) is 3.94. The summed E-state index contributed by atoms with van der Waals surface area (Å²) in [6.45, 7) is 7.94.